The van der Waals surface area contributed by atoms with E-state index in [1.807, 2.05) is 49.0 Å². The number of nitrogens with one attached hydrogen (secondary N) is 1. The average molecular weight is 451 g/mol. The molecule has 0 spiro atoms. The molecule has 0 saturated heterocycles. The van der Waals surface area contributed by atoms with Crippen LogP contribution in [0.25, 0.3) is 11.0 Å². The van der Waals surface area contributed by atoms with Crippen LogP contribution in [0.5, 0.6) is 0 Å². The molecule has 0 unspecified atom stereocenters. The van der Waals surface area contributed by atoms with Gasteiger partial charge in [0.05, 0.1) is 23.2 Å². The van der Waals surface area contributed by atoms with Gasteiger partial charge in [-0.2, -0.15) is 10.2 Å². The summed E-state index contributed by atoms with van der Waals surface area (Å²) in [7, 11) is 1.83. The first-order valence-corrected chi connectivity index (χ1v) is 10.8. The molecule has 0 radical (unpaired) electrons. The molecule has 4 rings (SSSR count). The summed E-state index contributed by atoms with van der Waals surface area (Å²) in [5.41, 5.74) is 5.94. The van der Waals surface area contributed by atoms with Crippen LogP contribution in [0, 0.1) is 6.92 Å². The second-order valence-electron chi connectivity index (χ2n) is 6.96. The normalized spacial score (nSPS) is 11.4. The van der Waals surface area contributed by atoms with E-state index in [-0.39, 0.29) is 11.7 Å². The fraction of sp³-hybridized carbons (Fsp3) is 0.250. The third kappa shape index (κ3) is 4.75. The van der Waals surface area contributed by atoms with Gasteiger partial charge in [0.15, 0.2) is 11.0 Å². The van der Waals surface area contributed by atoms with Crippen LogP contribution in [0.4, 0.5) is 0 Å². The minimum absolute atomic E-state index is 0.144. The van der Waals surface area contributed by atoms with E-state index < -0.39 is 0 Å². The van der Waals surface area contributed by atoms with Gasteiger partial charge in [-0.25, -0.2) is 10.1 Å². The number of fused-ring (bicyclic) bond motifs is 1. The molecule has 0 aliphatic rings. The summed E-state index contributed by atoms with van der Waals surface area (Å²) in [6.07, 6.45) is 5.17. The Hall–Kier alpha value is -3.80. The Morgan fingerprint density at radius 3 is 2.91 bits per heavy atom. The van der Waals surface area contributed by atoms with Gasteiger partial charge in [-0.1, -0.05) is 35.2 Å². The van der Waals surface area contributed by atoms with Crippen molar-refractivity contribution in [3.63, 3.8) is 0 Å². The Morgan fingerprint density at radius 1 is 1.28 bits per heavy atom. The number of rotatable bonds is 9. The maximum absolute atomic E-state index is 12.2. The lowest BCUT2D eigenvalue weighted by molar-refractivity contribution is -0.118. The maximum Gasteiger partial charge on any atom is 0.250 e. The van der Waals surface area contributed by atoms with Crippen molar-refractivity contribution in [2.75, 3.05) is 5.75 Å². The molecule has 164 valence electrons. The number of benzene rings is 1. The number of allylic oxidation sites excluding steroid dienone is 1. The van der Waals surface area contributed by atoms with Crippen LogP contribution in [0.15, 0.2) is 53.4 Å². The van der Waals surface area contributed by atoms with E-state index in [1.165, 1.54) is 11.8 Å². The molecule has 3 heterocycles. The summed E-state index contributed by atoms with van der Waals surface area (Å²) in [5, 5.41) is 25.8. The summed E-state index contributed by atoms with van der Waals surface area (Å²) in [6, 6.07) is 7.72. The largest absolute Gasteiger partial charge is 0.301 e. The van der Waals surface area contributed by atoms with Crippen molar-refractivity contribution in [2.24, 2.45) is 12.1 Å². The number of carbonyl (C=O) groups is 1. The lowest BCUT2D eigenvalue weighted by Gasteiger charge is -2.07. The smallest absolute Gasteiger partial charge is 0.250 e. The maximum atomic E-state index is 12.2. The minimum atomic E-state index is -0.246. The first-order valence-electron chi connectivity index (χ1n) is 9.81. The van der Waals surface area contributed by atoms with Gasteiger partial charge in [0.2, 0.25) is 0 Å². The summed E-state index contributed by atoms with van der Waals surface area (Å²) < 4.78 is 5.37. The number of hydrazone groups is 1. The molecule has 32 heavy (non-hydrogen) atoms. The highest BCUT2D eigenvalue weighted by Gasteiger charge is 2.15. The SMILES string of the molecule is C=CCn1c(Cn2nnc3ccccc32)nnc1SCC(=O)N/N=C/c1cn(C)nc1C. The second-order valence-corrected chi connectivity index (χ2v) is 7.90. The van der Waals surface area contributed by atoms with Crippen molar-refractivity contribution in [2.45, 2.75) is 25.2 Å². The van der Waals surface area contributed by atoms with E-state index >= 15 is 0 Å². The molecule has 1 amide bonds. The molecule has 0 atom stereocenters. The van der Waals surface area contributed by atoms with Gasteiger partial charge in [-0.3, -0.25) is 9.48 Å². The van der Waals surface area contributed by atoms with E-state index in [1.54, 1.807) is 21.7 Å². The minimum Gasteiger partial charge on any atom is -0.301 e. The third-order valence-electron chi connectivity index (χ3n) is 4.59. The van der Waals surface area contributed by atoms with Gasteiger partial charge in [0.25, 0.3) is 5.91 Å². The van der Waals surface area contributed by atoms with Crippen molar-refractivity contribution in [1.29, 1.82) is 0 Å². The Balaban J connectivity index is 1.40. The Bertz CT molecular complexity index is 1280. The van der Waals surface area contributed by atoms with Crippen LogP contribution in [-0.4, -0.2) is 57.4 Å². The van der Waals surface area contributed by atoms with Crippen LogP contribution >= 0.6 is 11.8 Å². The topological polar surface area (TPSA) is 121 Å². The second kappa shape index (κ2) is 9.56. The van der Waals surface area contributed by atoms with Gasteiger partial charge in [-0.05, 0) is 19.1 Å². The molecule has 0 bridgehead atoms. The monoisotopic (exact) mass is 450 g/mol. The van der Waals surface area contributed by atoms with Crippen LogP contribution < -0.4 is 5.43 Å². The molecule has 11 nitrogen and oxygen atoms in total. The van der Waals surface area contributed by atoms with Crippen molar-refractivity contribution >= 4 is 34.9 Å². The highest BCUT2D eigenvalue weighted by Crippen LogP contribution is 2.19. The first kappa shape index (κ1) is 21.4. The quantitative estimate of drug-likeness (QED) is 0.178. The zero-order valence-corrected chi connectivity index (χ0v) is 18.5. The lowest BCUT2D eigenvalue weighted by Crippen LogP contribution is -2.20. The lowest BCUT2D eigenvalue weighted by atomic mass is 10.3. The summed E-state index contributed by atoms with van der Waals surface area (Å²) >= 11 is 1.28. The standard InChI is InChI=1S/C20H22N10OS/c1-4-9-29-18(12-30-17-8-6-5-7-16(17)22-27-30)23-25-20(29)32-13-19(31)24-21-10-15-11-28(3)26-14(15)2/h4-8,10-11H,1,9,12-13H2,2-3H3,(H,24,31)/b21-10+. The number of hydrogen-bond acceptors (Lipinski definition) is 8. The van der Waals surface area contributed by atoms with Crippen molar-refractivity contribution in [3.05, 3.63) is 60.2 Å². The molecule has 1 aromatic carbocycles. The number of amides is 1. The molecule has 0 fully saturated rings. The number of carbonyl (C=O) groups excluding carboxylic acids is 1. The summed E-state index contributed by atoms with van der Waals surface area (Å²) in [4.78, 5) is 12.2. The molecule has 0 saturated carbocycles. The molecular formula is C20H22N10OS. The molecule has 4 aromatic rings. The van der Waals surface area contributed by atoms with E-state index in [4.69, 9.17) is 0 Å². The molecular weight excluding hydrogens is 428 g/mol. The molecule has 0 aliphatic heterocycles. The number of aromatic nitrogens is 8. The summed E-state index contributed by atoms with van der Waals surface area (Å²) in [5.74, 6) is 0.601. The van der Waals surface area contributed by atoms with E-state index in [2.05, 4.69) is 42.7 Å². The molecule has 3 aromatic heterocycles. The first-order chi connectivity index (χ1) is 15.5. The van der Waals surface area contributed by atoms with Crippen LogP contribution in [0.2, 0.25) is 0 Å². The molecule has 1 N–H and O–H groups in total. The fourth-order valence-corrected chi connectivity index (χ4v) is 3.86. The van der Waals surface area contributed by atoms with Crippen molar-refractivity contribution in [1.82, 2.24) is 45.0 Å². The molecule has 0 aliphatic carbocycles. The highest BCUT2D eigenvalue weighted by molar-refractivity contribution is 7.99. The van der Waals surface area contributed by atoms with Crippen molar-refractivity contribution in [3.8, 4) is 0 Å². The third-order valence-corrected chi connectivity index (χ3v) is 5.56. The van der Waals surface area contributed by atoms with Gasteiger partial charge >= 0.3 is 0 Å². The average Bonchev–Trinajstić information content (AvgIpc) is 3.45. The predicted molar refractivity (Wildman–Crippen MR) is 121 cm³/mol. The zero-order chi connectivity index (χ0) is 22.5. The van der Waals surface area contributed by atoms with Gasteiger partial charge in [0, 0.05) is 25.4 Å². The van der Waals surface area contributed by atoms with Crippen LogP contribution in [0.1, 0.15) is 17.1 Å². The Labute approximate surface area is 188 Å². The highest BCUT2D eigenvalue weighted by atomic mass is 32.2. The Morgan fingerprint density at radius 2 is 2.12 bits per heavy atom. The van der Waals surface area contributed by atoms with Gasteiger partial charge in [0.1, 0.15) is 12.1 Å². The van der Waals surface area contributed by atoms with Crippen LogP contribution in [-0.2, 0) is 24.9 Å². The zero-order valence-electron chi connectivity index (χ0n) is 17.7. The number of aryl methyl sites for hydroxylation is 2. The molecule has 12 heteroatoms. The Kier molecular flexibility index (Phi) is 6.40. The predicted octanol–water partition coefficient (Wildman–Crippen LogP) is 1.54. The van der Waals surface area contributed by atoms with E-state index in [0.29, 0.717) is 24.1 Å². The van der Waals surface area contributed by atoms with E-state index in [0.717, 1.165) is 22.3 Å². The number of para-hydroxylation sites is 1. The number of thioether (sulfide) groups is 1. The van der Waals surface area contributed by atoms with Crippen molar-refractivity contribution < 1.29 is 4.79 Å². The fourth-order valence-electron chi connectivity index (χ4n) is 3.10. The van der Waals surface area contributed by atoms with E-state index in [9.17, 15) is 4.79 Å². The van der Waals surface area contributed by atoms with Crippen LogP contribution in [0.3, 0.4) is 0 Å². The van der Waals surface area contributed by atoms with Gasteiger partial charge in [-0.15, -0.1) is 21.9 Å². The number of nitrogens with zero attached hydrogens (tertiary/aromatic N) is 9. The summed E-state index contributed by atoms with van der Waals surface area (Å²) in [6.45, 7) is 6.61. The number of hydrogen-bond donors (Lipinski definition) is 1. The van der Waals surface area contributed by atoms with Gasteiger partial charge < -0.3 is 4.57 Å².